The highest BCUT2D eigenvalue weighted by molar-refractivity contribution is 7.98. The molecule has 6 heteroatoms. The summed E-state index contributed by atoms with van der Waals surface area (Å²) in [5.74, 6) is 0.744. The van der Waals surface area contributed by atoms with Crippen LogP contribution in [-0.2, 0) is 12.3 Å². The van der Waals surface area contributed by atoms with Crippen molar-refractivity contribution >= 4 is 29.3 Å². The maximum absolute atomic E-state index is 13.0. The van der Waals surface area contributed by atoms with Crippen LogP contribution in [0.1, 0.15) is 39.9 Å². The summed E-state index contributed by atoms with van der Waals surface area (Å²) in [6.07, 6.45) is 1.89. The predicted molar refractivity (Wildman–Crippen MR) is 134 cm³/mol. The average Bonchev–Trinajstić information content (AvgIpc) is 2.86. The van der Waals surface area contributed by atoms with E-state index in [0.29, 0.717) is 5.56 Å². The predicted octanol–water partition coefficient (Wildman–Crippen LogP) is 5.90. The molecule has 1 aliphatic heterocycles. The normalized spacial score (nSPS) is 14.5. The highest BCUT2D eigenvalue weighted by Gasteiger charge is 2.22. The van der Waals surface area contributed by atoms with Crippen LogP contribution in [0.5, 0.6) is 0 Å². The number of carbonyl (C=O) groups excluding carboxylic acids is 1. The number of hydrogen-bond acceptors (Lipinski definition) is 4. The van der Waals surface area contributed by atoms with Crippen LogP contribution in [0.25, 0.3) is 0 Å². The Balaban J connectivity index is 1.29. The van der Waals surface area contributed by atoms with Crippen LogP contribution in [0.4, 0.5) is 0 Å². The van der Waals surface area contributed by atoms with Crippen molar-refractivity contribution < 1.29 is 4.79 Å². The van der Waals surface area contributed by atoms with E-state index in [2.05, 4.69) is 28.4 Å². The van der Waals surface area contributed by atoms with Gasteiger partial charge in [0.25, 0.3) is 5.91 Å². The largest absolute Gasteiger partial charge is 0.349 e. The Labute approximate surface area is 204 Å². The summed E-state index contributed by atoms with van der Waals surface area (Å²) in [5, 5.41) is 13.0. The molecule has 0 unspecified atom stereocenters. The number of rotatable bonds is 7. The lowest BCUT2D eigenvalue weighted by molar-refractivity contribution is 0.0906. The number of halogens is 1. The minimum absolute atomic E-state index is 0.00548. The maximum atomic E-state index is 13.0. The van der Waals surface area contributed by atoms with Gasteiger partial charge in [-0.15, -0.1) is 11.8 Å². The standard InChI is InChI=1S/C27H26ClN3OS/c28-23-11-9-21(10-12-23)18-31-15-13-24(14-16-31)30-27(32)25-3-1-2-4-26(25)33-19-22-7-5-20(17-29)6-8-22/h1-12,24H,13-16,18-19H2,(H,30,32). The highest BCUT2D eigenvalue weighted by atomic mass is 35.5. The van der Waals surface area contributed by atoms with Crippen LogP contribution in [0.3, 0.4) is 0 Å². The quantitative estimate of drug-likeness (QED) is 0.432. The van der Waals surface area contributed by atoms with Crippen molar-refractivity contribution in [2.24, 2.45) is 0 Å². The summed E-state index contributed by atoms with van der Waals surface area (Å²) >= 11 is 7.62. The Morgan fingerprint density at radius 2 is 1.67 bits per heavy atom. The third-order valence-corrected chi connectivity index (χ3v) is 7.25. The molecule has 1 heterocycles. The summed E-state index contributed by atoms with van der Waals surface area (Å²) in [6, 6.07) is 25.7. The van der Waals surface area contributed by atoms with E-state index in [0.717, 1.165) is 59.3 Å². The average molecular weight is 476 g/mol. The fourth-order valence-electron chi connectivity index (χ4n) is 3.96. The fraction of sp³-hybridized carbons (Fsp3) is 0.259. The molecule has 1 aliphatic rings. The third kappa shape index (κ3) is 6.61. The van der Waals surface area contributed by atoms with Gasteiger partial charge in [-0.3, -0.25) is 9.69 Å². The number of nitrogens with one attached hydrogen (secondary N) is 1. The first-order chi connectivity index (χ1) is 16.1. The summed E-state index contributed by atoms with van der Waals surface area (Å²) in [6.45, 7) is 2.83. The van der Waals surface area contributed by atoms with Crippen LogP contribution < -0.4 is 5.32 Å². The van der Waals surface area contributed by atoms with E-state index in [-0.39, 0.29) is 11.9 Å². The van der Waals surface area contributed by atoms with Gasteiger partial charge in [0.15, 0.2) is 0 Å². The number of nitriles is 1. The van der Waals surface area contributed by atoms with Gasteiger partial charge in [0.2, 0.25) is 0 Å². The Morgan fingerprint density at radius 1 is 1.00 bits per heavy atom. The maximum Gasteiger partial charge on any atom is 0.252 e. The first-order valence-electron chi connectivity index (χ1n) is 11.1. The van der Waals surface area contributed by atoms with Gasteiger partial charge >= 0.3 is 0 Å². The van der Waals surface area contributed by atoms with Crippen LogP contribution in [-0.4, -0.2) is 29.9 Å². The van der Waals surface area contributed by atoms with Gasteiger partial charge in [0.1, 0.15) is 0 Å². The van der Waals surface area contributed by atoms with E-state index in [1.54, 1.807) is 11.8 Å². The van der Waals surface area contributed by atoms with Crippen molar-refractivity contribution in [2.75, 3.05) is 13.1 Å². The molecular formula is C27H26ClN3OS. The fourth-order valence-corrected chi connectivity index (χ4v) is 5.09. The molecule has 3 aromatic rings. The smallest absolute Gasteiger partial charge is 0.252 e. The van der Waals surface area contributed by atoms with Crippen molar-refractivity contribution in [2.45, 2.75) is 36.1 Å². The number of carbonyl (C=O) groups is 1. The second-order valence-electron chi connectivity index (χ2n) is 8.24. The molecule has 0 aliphatic carbocycles. The number of hydrogen-bond donors (Lipinski definition) is 1. The zero-order chi connectivity index (χ0) is 23.0. The van der Waals surface area contributed by atoms with E-state index in [9.17, 15) is 4.79 Å². The highest BCUT2D eigenvalue weighted by Crippen LogP contribution is 2.27. The summed E-state index contributed by atoms with van der Waals surface area (Å²) in [4.78, 5) is 16.4. The molecule has 4 rings (SSSR count). The first-order valence-corrected chi connectivity index (χ1v) is 12.5. The molecule has 3 aromatic carbocycles. The van der Waals surface area contributed by atoms with E-state index in [1.165, 1.54) is 5.56 Å². The number of amides is 1. The van der Waals surface area contributed by atoms with Gasteiger partial charge in [-0.2, -0.15) is 5.26 Å². The number of piperidine rings is 1. The van der Waals surface area contributed by atoms with Crippen molar-refractivity contribution in [1.82, 2.24) is 10.2 Å². The van der Waals surface area contributed by atoms with E-state index in [4.69, 9.17) is 16.9 Å². The van der Waals surface area contributed by atoms with Crippen molar-refractivity contribution in [3.05, 3.63) is 100 Å². The van der Waals surface area contributed by atoms with E-state index >= 15 is 0 Å². The lowest BCUT2D eigenvalue weighted by Gasteiger charge is -2.32. The van der Waals surface area contributed by atoms with Gasteiger partial charge in [0.05, 0.1) is 17.2 Å². The molecule has 0 aromatic heterocycles. The van der Waals surface area contributed by atoms with Crippen molar-refractivity contribution in [3.63, 3.8) is 0 Å². The number of benzene rings is 3. The van der Waals surface area contributed by atoms with Gasteiger partial charge in [0, 0.05) is 41.3 Å². The topological polar surface area (TPSA) is 56.1 Å². The summed E-state index contributed by atoms with van der Waals surface area (Å²) in [5.41, 5.74) is 3.76. The zero-order valence-corrected chi connectivity index (χ0v) is 19.9. The van der Waals surface area contributed by atoms with Crippen LogP contribution in [0.2, 0.25) is 5.02 Å². The molecular weight excluding hydrogens is 450 g/mol. The molecule has 33 heavy (non-hydrogen) atoms. The summed E-state index contributed by atoms with van der Waals surface area (Å²) in [7, 11) is 0. The Kier molecular flexibility index (Phi) is 8.06. The Morgan fingerprint density at radius 3 is 2.36 bits per heavy atom. The van der Waals surface area contributed by atoms with E-state index < -0.39 is 0 Å². The van der Waals surface area contributed by atoms with Gasteiger partial charge in [-0.25, -0.2) is 0 Å². The van der Waals surface area contributed by atoms with Crippen LogP contribution in [0, 0.1) is 11.3 Å². The molecule has 1 fully saturated rings. The lowest BCUT2D eigenvalue weighted by atomic mass is 10.0. The summed E-state index contributed by atoms with van der Waals surface area (Å²) < 4.78 is 0. The molecule has 0 saturated carbocycles. The molecule has 1 saturated heterocycles. The third-order valence-electron chi connectivity index (χ3n) is 5.85. The number of likely N-dealkylation sites (tertiary alicyclic amines) is 1. The second-order valence-corrected chi connectivity index (χ2v) is 9.70. The molecule has 0 bridgehead atoms. The first kappa shape index (κ1) is 23.4. The molecule has 0 radical (unpaired) electrons. The van der Waals surface area contributed by atoms with Gasteiger partial charge < -0.3 is 5.32 Å². The zero-order valence-electron chi connectivity index (χ0n) is 18.3. The van der Waals surface area contributed by atoms with Crippen molar-refractivity contribution in [1.29, 1.82) is 5.26 Å². The van der Waals surface area contributed by atoms with Crippen LogP contribution in [0.15, 0.2) is 77.7 Å². The Bertz CT molecular complexity index is 1120. The number of thioether (sulfide) groups is 1. The lowest BCUT2D eigenvalue weighted by Crippen LogP contribution is -2.44. The molecule has 0 spiro atoms. The van der Waals surface area contributed by atoms with Crippen LogP contribution >= 0.6 is 23.4 Å². The van der Waals surface area contributed by atoms with Gasteiger partial charge in [-0.1, -0.05) is 48.0 Å². The molecule has 1 amide bonds. The minimum atomic E-state index is -0.00548. The number of nitrogens with zero attached hydrogens (tertiary/aromatic N) is 2. The second kappa shape index (κ2) is 11.4. The van der Waals surface area contributed by atoms with Gasteiger partial charge in [-0.05, 0) is 60.4 Å². The minimum Gasteiger partial charge on any atom is -0.349 e. The molecule has 0 atom stereocenters. The van der Waals surface area contributed by atoms with Crippen molar-refractivity contribution in [3.8, 4) is 6.07 Å². The molecule has 168 valence electrons. The molecule has 4 nitrogen and oxygen atoms in total. The Hall–Kier alpha value is -2.78. The molecule has 1 N–H and O–H groups in total. The SMILES string of the molecule is N#Cc1ccc(CSc2ccccc2C(=O)NC2CCN(Cc3ccc(Cl)cc3)CC2)cc1. The van der Waals surface area contributed by atoms with E-state index in [1.807, 2.05) is 60.7 Å². The monoisotopic (exact) mass is 475 g/mol.